The molecule has 0 saturated carbocycles. The van der Waals surface area contributed by atoms with Gasteiger partial charge in [0, 0.05) is 12.2 Å². The second kappa shape index (κ2) is 6.16. The highest BCUT2D eigenvalue weighted by Crippen LogP contribution is 2.36. The highest BCUT2D eigenvalue weighted by Gasteiger charge is 2.34. The lowest BCUT2D eigenvalue weighted by atomic mass is 10.0. The molecule has 0 spiro atoms. The predicted octanol–water partition coefficient (Wildman–Crippen LogP) is 2.31. The van der Waals surface area contributed by atoms with Crippen molar-refractivity contribution in [2.24, 2.45) is 0 Å². The number of nitrogen functional groups attached to an aromatic ring is 1. The number of rotatable bonds is 2. The van der Waals surface area contributed by atoms with Crippen molar-refractivity contribution in [1.29, 1.82) is 0 Å². The van der Waals surface area contributed by atoms with Crippen LogP contribution in [0, 0.1) is 0 Å². The van der Waals surface area contributed by atoms with Gasteiger partial charge < -0.3 is 15.4 Å². The van der Waals surface area contributed by atoms with E-state index in [2.05, 4.69) is 0 Å². The lowest BCUT2D eigenvalue weighted by Crippen LogP contribution is -2.36. The number of thiol groups is 1. The number of likely N-dealkylation sites (tertiary alicyclic amines) is 1. The Hall–Kier alpha value is -1.76. The lowest BCUT2D eigenvalue weighted by molar-refractivity contribution is 0.0222. The molecule has 1 aromatic rings. The minimum atomic E-state index is -2.74. The van der Waals surface area contributed by atoms with E-state index in [1.807, 2.05) is 0 Å². The zero-order valence-electron chi connectivity index (χ0n) is 13.0. The van der Waals surface area contributed by atoms with Gasteiger partial charge in [-0.15, -0.1) is 0 Å². The van der Waals surface area contributed by atoms with Gasteiger partial charge in [0.1, 0.15) is 5.60 Å². The Bertz CT molecular complexity index is 641. The Kier molecular flexibility index (Phi) is 4.65. The lowest BCUT2D eigenvalue weighted by Gasteiger charge is -2.29. The summed E-state index contributed by atoms with van der Waals surface area (Å²) in [6, 6.07) is 4.35. The molecule has 0 aliphatic carbocycles. The normalized spacial score (nSPS) is 18.7. The maximum absolute atomic E-state index is 12.3. The van der Waals surface area contributed by atoms with Crippen molar-refractivity contribution in [3.8, 4) is 0 Å². The van der Waals surface area contributed by atoms with Crippen molar-refractivity contribution < 1.29 is 17.9 Å². The van der Waals surface area contributed by atoms with E-state index in [9.17, 15) is 13.2 Å². The van der Waals surface area contributed by atoms with E-state index in [-0.39, 0.29) is 10.9 Å². The van der Waals surface area contributed by atoms with E-state index < -0.39 is 22.4 Å². The minimum Gasteiger partial charge on any atom is -0.444 e. The first kappa shape index (κ1) is 16.6. The molecule has 2 rings (SSSR count). The van der Waals surface area contributed by atoms with Gasteiger partial charge in [0.2, 0.25) is 0 Å². The molecule has 1 heterocycles. The molecule has 7 heteroatoms. The first-order chi connectivity index (χ1) is 10.2. The molecule has 0 radical (unpaired) electrons. The second-order valence-corrected chi connectivity index (χ2v) is 7.40. The molecule has 1 aliphatic rings. The van der Waals surface area contributed by atoms with Gasteiger partial charge in [0.25, 0.3) is 0 Å². The van der Waals surface area contributed by atoms with Crippen LogP contribution in [0.15, 0.2) is 23.1 Å². The number of hydrogen-bond donors (Lipinski definition) is 2. The van der Waals surface area contributed by atoms with Gasteiger partial charge in [-0.2, -0.15) is 0 Å². The molecule has 1 saturated heterocycles. The van der Waals surface area contributed by atoms with Crippen LogP contribution in [0.3, 0.4) is 0 Å². The standard InChI is InChI=1S/C15H22N2O4S/c1-15(2,3)21-14(18)17-8-4-5-12(17)11-9-10(16)6-7-13(11)22(19)20/h6-7,9,12,22H,4-5,8,16H2,1-3H3/t12-/m0/s1. The maximum atomic E-state index is 12.3. The monoisotopic (exact) mass is 326 g/mol. The summed E-state index contributed by atoms with van der Waals surface area (Å²) in [5.41, 5.74) is 6.24. The van der Waals surface area contributed by atoms with Crippen LogP contribution in [0.2, 0.25) is 0 Å². The summed E-state index contributed by atoms with van der Waals surface area (Å²) in [6.45, 7) is 5.95. The van der Waals surface area contributed by atoms with Crippen LogP contribution in [0.1, 0.15) is 45.2 Å². The Morgan fingerprint density at radius 1 is 1.36 bits per heavy atom. The summed E-state index contributed by atoms with van der Waals surface area (Å²) >= 11 is 0. The van der Waals surface area contributed by atoms with Gasteiger partial charge in [-0.1, -0.05) is 0 Å². The van der Waals surface area contributed by atoms with Gasteiger partial charge in [-0.3, -0.25) is 0 Å². The van der Waals surface area contributed by atoms with Crippen LogP contribution < -0.4 is 5.73 Å². The van der Waals surface area contributed by atoms with Crippen molar-refractivity contribution in [2.45, 2.75) is 50.2 Å². The molecule has 0 aromatic heterocycles. The number of anilines is 1. The van der Waals surface area contributed by atoms with Crippen molar-refractivity contribution >= 4 is 22.5 Å². The van der Waals surface area contributed by atoms with Crippen LogP contribution in [-0.4, -0.2) is 31.6 Å². The van der Waals surface area contributed by atoms with Crippen LogP contribution in [-0.2, 0) is 15.4 Å². The molecule has 22 heavy (non-hydrogen) atoms. The first-order valence-corrected chi connectivity index (χ1v) is 8.40. The molecule has 122 valence electrons. The van der Waals surface area contributed by atoms with Crippen molar-refractivity contribution in [3.63, 3.8) is 0 Å². The van der Waals surface area contributed by atoms with Gasteiger partial charge in [0.15, 0.2) is 10.7 Å². The van der Waals surface area contributed by atoms with Crippen molar-refractivity contribution in [3.05, 3.63) is 23.8 Å². The predicted molar refractivity (Wildman–Crippen MR) is 84.4 cm³/mol. The highest BCUT2D eigenvalue weighted by atomic mass is 32.2. The van der Waals surface area contributed by atoms with Crippen LogP contribution in [0.5, 0.6) is 0 Å². The largest absolute Gasteiger partial charge is 0.444 e. The molecule has 0 bridgehead atoms. The summed E-state index contributed by atoms with van der Waals surface area (Å²) in [6.07, 6.45) is 1.07. The Labute approximate surface area is 132 Å². The Balaban J connectivity index is 2.35. The summed E-state index contributed by atoms with van der Waals surface area (Å²) in [4.78, 5) is 14.1. The summed E-state index contributed by atoms with van der Waals surface area (Å²) in [7, 11) is -2.74. The molecule has 1 fully saturated rings. The van der Waals surface area contributed by atoms with E-state index >= 15 is 0 Å². The molecule has 6 nitrogen and oxygen atoms in total. The molecule has 1 aromatic carbocycles. The summed E-state index contributed by atoms with van der Waals surface area (Å²) < 4.78 is 28.3. The number of nitrogens with two attached hydrogens (primary N) is 1. The first-order valence-electron chi connectivity index (χ1n) is 7.22. The van der Waals surface area contributed by atoms with Gasteiger partial charge in [0.05, 0.1) is 10.9 Å². The van der Waals surface area contributed by atoms with Crippen molar-refractivity contribution in [1.82, 2.24) is 4.90 Å². The summed E-state index contributed by atoms with van der Waals surface area (Å²) in [5.74, 6) is 0. The fourth-order valence-electron chi connectivity index (χ4n) is 2.64. The van der Waals surface area contributed by atoms with Gasteiger partial charge in [-0.05, 0) is 57.4 Å². The maximum Gasteiger partial charge on any atom is 0.410 e. The minimum absolute atomic E-state index is 0.213. The Morgan fingerprint density at radius 3 is 2.64 bits per heavy atom. The van der Waals surface area contributed by atoms with Crippen LogP contribution in [0.4, 0.5) is 10.5 Å². The average molecular weight is 326 g/mol. The highest BCUT2D eigenvalue weighted by molar-refractivity contribution is 7.72. The summed E-state index contributed by atoms with van der Waals surface area (Å²) in [5, 5.41) is 0. The molecular formula is C15H22N2O4S. The fraction of sp³-hybridized carbons (Fsp3) is 0.533. The molecule has 1 atom stereocenters. The smallest absolute Gasteiger partial charge is 0.410 e. The van der Waals surface area contributed by atoms with Gasteiger partial charge in [-0.25, -0.2) is 13.2 Å². The number of hydrogen-bond acceptors (Lipinski definition) is 5. The fourth-order valence-corrected chi connectivity index (χ4v) is 3.26. The van der Waals surface area contributed by atoms with E-state index in [4.69, 9.17) is 10.5 Å². The average Bonchev–Trinajstić information content (AvgIpc) is 2.85. The molecular weight excluding hydrogens is 304 g/mol. The van der Waals surface area contributed by atoms with E-state index in [1.165, 1.54) is 6.07 Å². The zero-order valence-corrected chi connectivity index (χ0v) is 13.9. The Morgan fingerprint density at radius 2 is 2.05 bits per heavy atom. The zero-order chi connectivity index (χ0) is 16.5. The molecule has 2 N–H and O–H groups in total. The second-order valence-electron chi connectivity index (χ2n) is 6.41. The third kappa shape index (κ3) is 3.71. The van der Waals surface area contributed by atoms with E-state index in [0.717, 1.165) is 6.42 Å². The van der Waals surface area contributed by atoms with Gasteiger partial charge >= 0.3 is 6.09 Å². The topological polar surface area (TPSA) is 89.7 Å². The number of carbonyl (C=O) groups is 1. The number of ether oxygens (including phenoxy) is 1. The third-order valence-electron chi connectivity index (χ3n) is 3.49. The number of nitrogens with zero attached hydrogens (tertiary/aromatic N) is 1. The van der Waals surface area contributed by atoms with Crippen molar-refractivity contribution in [2.75, 3.05) is 12.3 Å². The molecule has 0 unspecified atom stereocenters. The van der Waals surface area contributed by atoms with Crippen LogP contribution in [0.25, 0.3) is 0 Å². The van der Waals surface area contributed by atoms with Crippen LogP contribution >= 0.6 is 0 Å². The third-order valence-corrected chi connectivity index (χ3v) is 4.29. The van der Waals surface area contributed by atoms with E-state index in [0.29, 0.717) is 24.2 Å². The quantitative estimate of drug-likeness (QED) is 0.643. The molecule has 1 aliphatic heterocycles. The number of amides is 1. The number of carbonyl (C=O) groups excluding carboxylic acids is 1. The molecule has 1 amide bonds. The van der Waals surface area contributed by atoms with E-state index in [1.54, 1.807) is 37.8 Å². The SMILES string of the molecule is CC(C)(C)OC(=O)N1CCC[C@H]1c1cc(N)ccc1[SH](=O)=O. The number of benzene rings is 1.